The fraction of sp³-hybridized carbons (Fsp3) is 0.238. The normalized spacial score (nSPS) is 10.9. The number of thiocarbonyl (C=S) groups is 1. The van der Waals surface area contributed by atoms with Gasteiger partial charge >= 0.3 is 0 Å². The maximum Gasteiger partial charge on any atom is 0.175 e. The highest BCUT2D eigenvalue weighted by Crippen LogP contribution is 2.14. The van der Waals surface area contributed by atoms with Gasteiger partial charge in [-0.25, -0.2) is 0 Å². The van der Waals surface area contributed by atoms with Gasteiger partial charge in [0.2, 0.25) is 0 Å². The van der Waals surface area contributed by atoms with Crippen molar-refractivity contribution in [3.05, 3.63) is 77.1 Å². The molecule has 0 aliphatic heterocycles. The highest BCUT2D eigenvalue weighted by atomic mass is 35.5. The molecule has 0 aliphatic carbocycles. The predicted octanol–water partition coefficient (Wildman–Crippen LogP) is 4.16. The molecule has 10 heteroatoms. The molecule has 3 aromatic heterocycles. The van der Waals surface area contributed by atoms with Gasteiger partial charge in [-0.3, -0.25) is 14.0 Å². The van der Waals surface area contributed by atoms with Crippen molar-refractivity contribution in [3.8, 4) is 0 Å². The van der Waals surface area contributed by atoms with Gasteiger partial charge in [-0.05, 0) is 43.8 Å². The van der Waals surface area contributed by atoms with Gasteiger partial charge in [0.25, 0.3) is 0 Å². The van der Waals surface area contributed by atoms with E-state index in [1.54, 1.807) is 12.4 Å². The number of aryl methyl sites for hydroxylation is 1. The van der Waals surface area contributed by atoms with Crippen molar-refractivity contribution in [2.75, 3.05) is 10.6 Å². The zero-order valence-electron chi connectivity index (χ0n) is 17.3. The summed E-state index contributed by atoms with van der Waals surface area (Å²) in [6.07, 6.45) is 9.20. The van der Waals surface area contributed by atoms with Crippen LogP contribution in [0, 0.1) is 6.92 Å². The van der Waals surface area contributed by atoms with Crippen LogP contribution < -0.4 is 10.6 Å². The molecule has 4 aromatic rings. The fourth-order valence-electron chi connectivity index (χ4n) is 3.23. The van der Waals surface area contributed by atoms with Crippen LogP contribution in [-0.2, 0) is 19.6 Å². The molecule has 3 heterocycles. The van der Waals surface area contributed by atoms with Crippen molar-refractivity contribution in [2.24, 2.45) is 0 Å². The van der Waals surface area contributed by atoms with Crippen LogP contribution in [0.2, 0.25) is 5.02 Å². The molecule has 0 saturated carbocycles. The molecular formula is C21H23ClN8S. The summed E-state index contributed by atoms with van der Waals surface area (Å²) in [7, 11) is 0. The van der Waals surface area contributed by atoms with E-state index in [1.807, 2.05) is 56.9 Å². The molecule has 0 amide bonds. The second-order valence-electron chi connectivity index (χ2n) is 7.13. The molecule has 160 valence electrons. The van der Waals surface area contributed by atoms with Gasteiger partial charge in [0.05, 0.1) is 43.1 Å². The fourth-order valence-corrected chi connectivity index (χ4v) is 3.59. The number of aromatic nitrogens is 6. The zero-order valence-corrected chi connectivity index (χ0v) is 18.9. The van der Waals surface area contributed by atoms with Crippen LogP contribution in [0.3, 0.4) is 0 Å². The lowest BCUT2D eigenvalue weighted by Crippen LogP contribution is -2.18. The number of nitrogens with one attached hydrogen (secondary N) is 2. The molecule has 1 aromatic carbocycles. The molecule has 0 bridgehead atoms. The maximum atomic E-state index is 5.93. The van der Waals surface area contributed by atoms with Gasteiger partial charge in [0.1, 0.15) is 0 Å². The Kier molecular flexibility index (Phi) is 6.34. The van der Waals surface area contributed by atoms with Gasteiger partial charge in [0, 0.05) is 35.2 Å². The molecular weight excluding hydrogens is 432 g/mol. The first kappa shape index (κ1) is 21.1. The van der Waals surface area contributed by atoms with E-state index < -0.39 is 0 Å². The number of benzene rings is 1. The quantitative estimate of drug-likeness (QED) is 0.408. The van der Waals surface area contributed by atoms with Gasteiger partial charge in [0.15, 0.2) is 5.11 Å². The minimum absolute atomic E-state index is 0.473. The Hall–Kier alpha value is -3.17. The third-order valence-electron chi connectivity index (χ3n) is 4.88. The van der Waals surface area contributed by atoms with Crippen LogP contribution in [0.1, 0.15) is 23.7 Å². The highest BCUT2D eigenvalue weighted by molar-refractivity contribution is 7.80. The van der Waals surface area contributed by atoms with Crippen molar-refractivity contribution in [3.63, 3.8) is 0 Å². The molecule has 8 nitrogen and oxygen atoms in total. The summed E-state index contributed by atoms with van der Waals surface area (Å²) < 4.78 is 5.67. The Balaban J connectivity index is 1.31. The van der Waals surface area contributed by atoms with E-state index in [2.05, 4.69) is 39.8 Å². The average Bonchev–Trinajstić information content (AvgIpc) is 3.46. The molecule has 31 heavy (non-hydrogen) atoms. The van der Waals surface area contributed by atoms with E-state index >= 15 is 0 Å². The Morgan fingerprint density at radius 1 is 0.935 bits per heavy atom. The minimum Gasteiger partial charge on any atom is -0.330 e. The Morgan fingerprint density at radius 3 is 2.13 bits per heavy atom. The molecule has 4 rings (SSSR count). The number of hydrogen-bond donors (Lipinski definition) is 2. The number of halogens is 1. The Morgan fingerprint density at radius 2 is 1.55 bits per heavy atom. The van der Waals surface area contributed by atoms with Crippen molar-refractivity contribution in [1.82, 2.24) is 29.3 Å². The van der Waals surface area contributed by atoms with Crippen LogP contribution in [0.5, 0.6) is 0 Å². The standard InChI is InChI=1S/C21H23ClN8S/c1-3-30-15(2)17(8-25-30)12-29-14-20(10-24-29)27-21(31)26-19-9-23-28(13-19)11-16-4-6-18(22)7-5-16/h4-10,13-14H,3,11-12H2,1-2H3,(H2,26,27,31). The first-order chi connectivity index (χ1) is 15.0. The lowest BCUT2D eigenvalue weighted by molar-refractivity contribution is 0.633. The van der Waals surface area contributed by atoms with Crippen molar-refractivity contribution < 1.29 is 0 Å². The first-order valence-corrected chi connectivity index (χ1v) is 10.7. The largest absolute Gasteiger partial charge is 0.330 e. The van der Waals surface area contributed by atoms with E-state index in [9.17, 15) is 0 Å². The molecule has 2 N–H and O–H groups in total. The second kappa shape index (κ2) is 9.32. The third-order valence-corrected chi connectivity index (χ3v) is 5.33. The molecule has 0 radical (unpaired) electrons. The van der Waals surface area contributed by atoms with Crippen LogP contribution in [-0.4, -0.2) is 34.5 Å². The topological polar surface area (TPSA) is 77.5 Å². The van der Waals surface area contributed by atoms with Crippen LogP contribution >= 0.6 is 23.8 Å². The third kappa shape index (κ3) is 5.31. The van der Waals surface area contributed by atoms with Gasteiger partial charge in [-0.1, -0.05) is 23.7 Å². The summed E-state index contributed by atoms with van der Waals surface area (Å²) in [6, 6.07) is 7.71. The Labute approximate surface area is 190 Å². The van der Waals surface area contributed by atoms with Crippen molar-refractivity contribution in [2.45, 2.75) is 33.5 Å². The summed E-state index contributed by atoms with van der Waals surface area (Å²) in [6.45, 7) is 6.31. The maximum absolute atomic E-state index is 5.93. The summed E-state index contributed by atoms with van der Waals surface area (Å²) in [5, 5.41) is 20.7. The van der Waals surface area contributed by atoms with E-state index in [0.717, 1.165) is 39.8 Å². The molecule has 0 spiro atoms. The first-order valence-electron chi connectivity index (χ1n) is 9.89. The number of rotatable bonds is 7. The van der Waals surface area contributed by atoms with Gasteiger partial charge < -0.3 is 10.6 Å². The number of anilines is 2. The molecule has 0 aliphatic rings. The molecule has 0 unspecified atom stereocenters. The number of nitrogens with zero attached hydrogens (tertiary/aromatic N) is 6. The SMILES string of the molecule is CCn1ncc(Cn2cc(NC(=S)Nc3cnn(Cc4ccc(Cl)cc4)c3)cn2)c1C. The molecule has 0 saturated heterocycles. The monoisotopic (exact) mass is 454 g/mol. The summed E-state index contributed by atoms with van der Waals surface area (Å²) >= 11 is 11.4. The zero-order chi connectivity index (χ0) is 21.8. The van der Waals surface area contributed by atoms with E-state index in [4.69, 9.17) is 23.8 Å². The number of hydrogen-bond acceptors (Lipinski definition) is 4. The second-order valence-corrected chi connectivity index (χ2v) is 7.97. The van der Waals surface area contributed by atoms with Crippen LogP contribution in [0.4, 0.5) is 11.4 Å². The van der Waals surface area contributed by atoms with Gasteiger partial charge in [-0.15, -0.1) is 0 Å². The predicted molar refractivity (Wildman–Crippen MR) is 127 cm³/mol. The smallest absolute Gasteiger partial charge is 0.175 e. The lowest BCUT2D eigenvalue weighted by Gasteiger charge is -2.06. The Bertz CT molecular complexity index is 1170. The highest BCUT2D eigenvalue weighted by Gasteiger charge is 2.08. The summed E-state index contributed by atoms with van der Waals surface area (Å²) in [5.74, 6) is 0. The van der Waals surface area contributed by atoms with Crippen molar-refractivity contribution >= 4 is 40.3 Å². The summed E-state index contributed by atoms with van der Waals surface area (Å²) in [5.41, 5.74) is 5.03. The lowest BCUT2D eigenvalue weighted by atomic mass is 10.2. The minimum atomic E-state index is 0.473. The van der Waals surface area contributed by atoms with Gasteiger partial charge in [-0.2, -0.15) is 15.3 Å². The average molecular weight is 455 g/mol. The molecule has 0 fully saturated rings. The summed E-state index contributed by atoms with van der Waals surface area (Å²) in [4.78, 5) is 0. The van der Waals surface area contributed by atoms with Crippen molar-refractivity contribution in [1.29, 1.82) is 0 Å². The van der Waals surface area contributed by atoms with E-state index in [-0.39, 0.29) is 0 Å². The van der Waals surface area contributed by atoms with E-state index in [1.165, 1.54) is 0 Å². The van der Waals surface area contributed by atoms with Crippen LogP contribution in [0.15, 0.2) is 55.2 Å². The molecule has 0 atom stereocenters. The van der Waals surface area contributed by atoms with Crippen LogP contribution in [0.25, 0.3) is 0 Å². The van der Waals surface area contributed by atoms with E-state index in [0.29, 0.717) is 18.2 Å².